The Morgan fingerprint density at radius 2 is 2.22 bits per heavy atom. The average Bonchev–Trinajstić information content (AvgIpc) is 2.68. The number of anilines is 1. The van der Waals surface area contributed by atoms with Crippen LogP contribution in [0, 0.1) is 0 Å². The Labute approximate surface area is 106 Å². The first-order valence-corrected chi connectivity index (χ1v) is 5.78. The highest BCUT2D eigenvalue weighted by Gasteiger charge is 2.21. The van der Waals surface area contributed by atoms with Gasteiger partial charge in [-0.3, -0.25) is 14.3 Å². The summed E-state index contributed by atoms with van der Waals surface area (Å²) >= 11 is 0. The molecule has 2 amide bonds. The number of carbonyl (C=O) groups excluding carboxylic acids is 2. The predicted octanol–water partition coefficient (Wildman–Crippen LogP) is -0.399. The summed E-state index contributed by atoms with van der Waals surface area (Å²) in [5.41, 5.74) is 6.08. The second-order valence-corrected chi connectivity index (χ2v) is 3.97. The molecule has 0 fully saturated rings. The van der Waals surface area contributed by atoms with E-state index in [2.05, 4.69) is 10.4 Å². The summed E-state index contributed by atoms with van der Waals surface area (Å²) in [4.78, 5) is 25.1. The molecule has 3 N–H and O–H groups in total. The van der Waals surface area contributed by atoms with Crippen LogP contribution in [-0.2, 0) is 11.8 Å². The molecule has 0 bridgehead atoms. The van der Waals surface area contributed by atoms with Crippen LogP contribution < -0.4 is 11.1 Å². The van der Waals surface area contributed by atoms with Crippen LogP contribution in [0.2, 0.25) is 0 Å². The van der Waals surface area contributed by atoms with Gasteiger partial charge >= 0.3 is 0 Å². The molecule has 0 saturated carbocycles. The maximum atomic E-state index is 12.2. The van der Waals surface area contributed by atoms with Gasteiger partial charge in [-0.05, 0) is 6.42 Å². The SMILES string of the molecule is CCCN(CC(=O)NC)C(=O)c1cnn(C)c1N. The van der Waals surface area contributed by atoms with E-state index in [1.165, 1.54) is 22.8 Å². The Kier molecular flexibility index (Phi) is 4.70. The third-order valence-electron chi connectivity index (χ3n) is 2.61. The molecule has 1 aromatic heterocycles. The molecule has 1 aromatic rings. The lowest BCUT2D eigenvalue weighted by molar-refractivity contribution is -0.121. The number of hydrogen-bond acceptors (Lipinski definition) is 4. The number of carbonyl (C=O) groups is 2. The van der Waals surface area contributed by atoms with Gasteiger partial charge in [-0.15, -0.1) is 0 Å². The van der Waals surface area contributed by atoms with Gasteiger partial charge in [0.2, 0.25) is 5.91 Å². The fourth-order valence-corrected chi connectivity index (χ4v) is 1.56. The quantitative estimate of drug-likeness (QED) is 0.746. The number of aryl methyl sites for hydroxylation is 1. The standard InChI is InChI=1S/C11H19N5O2/c1-4-5-16(7-9(17)13-2)11(18)8-6-14-15(3)10(8)12/h6H,4-5,7,12H2,1-3H3,(H,13,17). The second kappa shape index (κ2) is 6.04. The Bertz CT molecular complexity index is 441. The highest BCUT2D eigenvalue weighted by molar-refractivity contribution is 5.99. The van der Waals surface area contributed by atoms with Gasteiger partial charge in [-0.25, -0.2) is 0 Å². The fraction of sp³-hybridized carbons (Fsp3) is 0.545. The van der Waals surface area contributed by atoms with Crippen molar-refractivity contribution in [2.24, 2.45) is 7.05 Å². The molecule has 0 aliphatic heterocycles. The lowest BCUT2D eigenvalue weighted by atomic mass is 10.2. The van der Waals surface area contributed by atoms with Crippen molar-refractivity contribution in [3.8, 4) is 0 Å². The van der Waals surface area contributed by atoms with Gasteiger partial charge in [-0.1, -0.05) is 6.92 Å². The molecule has 0 aliphatic rings. The van der Waals surface area contributed by atoms with Crippen LogP contribution in [0.5, 0.6) is 0 Å². The number of hydrogen-bond donors (Lipinski definition) is 2. The van der Waals surface area contributed by atoms with E-state index >= 15 is 0 Å². The van der Waals surface area contributed by atoms with E-state index in [9.17, 15) is 9.59 Å². The first kappa shape index (κ1) is 14.0. The number of nitrogens with two attached hydrogens (primary N) is 1. The van der Waals surface area contributed by atoms with Gasteiger partial charge in [-0.2, -0.15) is 5.10 Å². The van der Waals surface area contributed by atoms with E-state index in [0.717, 1.165) is 6.42 Å². The third kappa shape index (κ3) is 2.99. The summed E-state index contributed by atoms with van der Waals surface area (Å²) in [5, 5.41) is 6.42. The lowest BCUT2D eigenvalue weighted by Crippen LogP contribution is -2.40. The largest absolute Gasteiger partial charge is 0.383 e. The smallest absolute Gasteiger partial charge is 0.259 e. The van der Waals surface area contributed by atoms with Gasteiger partial charge in [0, 0.05) is 20.6 Å². The summed E-state index contributed by atoms with van der Waals surface area (Å²) in [7, 11) is 3.20. The molecule has 0 aromatic carbocycles. The number of nitrogen functional groups attached to an aromatic ring is 1. The summed E-state index contributed by atoms with van der Waals surface area (Å²) in [6.45, 7) is 2.47. The second-order valence-electron chi connectivity index (χ2n) is 3.97. The minimum atomic E-state index is -0.272. The van der Waals surface area contributed by atoms with Crippen molar-refractivity contribution in [1.29, 1.82) is 0 Å². The molecule has 1 heterocycles. The van der Waals surface area contributed by atoms with Gasteiger partial charge in [0.15, 0.2) is 0 Å². The number of aromatic nitrogens is 2. The van der Waals surface area contributed by atoms with E-state index < -0.39 is 0 Å². The third-order valence-corrected chi connectivity index (χ3v) is 2.61. The van der Waals surface area contributed by atoms with Crippen molar-refractivity contribution >= 4 is 17.6 Å². The molecule has 0 unspecified atom stereocenters. The Hall–Kier alpha value is -2.05. The summed E-state index contributed by atoms with van der Waals surface area (Å²) in [6.07, 6.45) is 2.19. The number of likely N-dealkylation sites (N-methyl/N-ethyl adjacent to an activating group) is 1. The zero-order chi connectivity index (χ0) is 13.7. The van der Waals surface area contributed by atoms with Crippen molar-refractivity contribution in [3.63, 3.8) is 0 Å². The van der Waals surface area contributed by atoms with E-state index in [1.807, 2.05) is 6.92 Å². The van der Waals surface area contributed by atoms with Crippen LogP contribution in [0.3, 0.4) is 0 Å². The normalized spacial score (nSPS) is 10.2. The van der Waals surface area contributed by atoms with E-state index in [0.29, 0.717) is 17.9 Å². The number of amides is 2. The van der Waals surface area contributed by atoms with Crippen LogP contribution in [-0.4, -0.2) is 46.6 Å². The molecule has 7 nitrogen and oxygen atoms in total. The van der Waals surface area contributed by atoms with Crippen molar-refractivity contribution in [2.75, 3.05) is 25.9 Å². The zero-order valence-electron chi connectivity index (χ0n) is 10.9. The zero-order valence-corrected chi connectivity index (χ0v) is 10.9. The number of nitrogens with zero attached hydrogens (tertiary/aromatic N) is 3. The van der Waals surface area contributed by atoms with E-state index in [1.54, 1.807) is 7.05 Å². The van der Waals surface area contributed by atoms with Crippen molar-refractivity contribution < 1.29 is 9.59 Å². The lowest BCUT2D eigenvalue weighted by Gasteiger charge is -2.20. The minimum absolute atomic E-state index is 0.0253. The molecule has 18 heavy (non-hydrogen) atoms. The molecule has 100 valence electrons. The van der Waals surface area contributed by atoms with Gasteiger partial charge in [0.05, 0.1) is 12.7 Å². The molecular formula is C11H19N5O2. The molecule has 1 rings (SSSR count). The number of rotatable bonds is 5. The Morgan fingerprint density at radius 1 is 1.56 bits per heavy atom. The Morgan fingerprint density at radius 3 is 2.67 bits per heavy atom. The molecule has 0 atom stereocenters. The summed E-state index contributed by atoms with van der Waals surface area (Å²) < 4.78 is 1.43. The first-order chi connectivity index (χ1) is 8.51. The van der Waals surface area contributed by atoms with Gasteiger partial charge in [0.1, 0.15) is 11.4 Å². The summed E-state index contributed by atoms with van der Waals surface area (Å²) in [5.74, 6) is -0.177. The molecule has 7 heteroatoms. The predicted molar refractivity (Wildman–Crippen MR) is 67.9 cm³/mol. The van der Waals surface area contributed by atoms with Crippen LogP contribution in [0.4, 0.5) is 5.82 Å². The maximum absolute atomic E-state index is 12.2. The molecule has 0 aliphatic carbocycles. The highest BCUT2D eigenvalue weighted by Crippen LogP contribution is 2.12. The van der Waals surface area contributed by atoms with E-state index in [-0.39, 0.29) is 18.4 Å². The first-order valence-electron chi connectivity index (χ1n) is 5.78. The molecule has 0 radical (unpaired) electrons. The van der Waals surface area contributed by atoms with Gasteiger partial charge < -0.3 is 16.0 Å². The van der Waals surface area contributed by atoms with Crippen LogP contribution in [0.25, 0.3) is 0 Å². The Balaban J connectivity index is 2.88. The highest BCUT2D eigenvalue weighted by atomic mass is 16.2. The van der Waals surface area contributed by atoms with E-state index in [4.69, 9.17) is 5.73 Å². The van der Waals surface area contributed by atoms with Crippen molar-refractivity contribution in [3.05, 3.63) is 11.8 Å². The van der Waals surface area contributed by atoms with Crippen molar-refractivity contribution in [1.82, 2.24) is 20.0 Å². The fourth-order valence-electron chi connectivity index (χ4n) is 1.56. The monoisotopic (exact) mass is 253 g/mol. The molecule has 0 saturated heterocycles. The maximum Gasteiger partial charge on any atom is 0.259 e. The summed E-state index contributed by atoms with van der Waals surface area (Å²) in [6, 6.07) is 0. The van der Waals surface area contributed by atoms with Gasteiger partial charge in [0.25, 0.3) is 5.91 Å². The van der Waals surface area contributed by atoms with Crippen molar-refractivity contribution in [2.45, 2.75) is 13.3 Å². The molecule has 0 spiro atoms. The van der Waals surface area contributed by atoms with Crippen LogP contribution >= 0.6 is 0 Å². The topological polar surface area (TPSA) is 93.2 Å². The van der Waals surface area contributed by atoms with Crippen LogP contribution in [0.15, 0.2) is 6.20 Å². The van der Waals surface area contributed by atoms with Crippen LogP contribution in [0.1, 0.15) is 23.7 Å². The molecular weight excluding hydrogens is 234 g/mol. The minimum Gasteiger partial charge on any atom is -0.383 e. The number of nitrogens with one attached hydrogen (secondary N) is 1. The average molecular weight is 253 g/mol.